The molecule has 1 fully saturated rings. The number of hydrogen-bond donors (Lipinski definition) is 0. The third-order valence-corrected chi connectivity index (χ3v) is 3.42. The second-order valence-electron chi connectivity index (χ2n) is 3.34. The first-order valence-corrected chi connectivity index (χ1v) is 6.02. The van der Waals surface area contributed by atoms with E-state index in [0.29, 0.717) is 6.42 Å². The van der Waals surface area contributed by atoms with E-state index in [4.69, 9.17) is 11.6 Å². The van der Waals surface area contributed by atoms with Crippen LogP contribution in [0.15, 0.2) is 0 Å². The van der Waals surface area contributed by atoms with Gasteiger partial charge in [-0.15, -0.1) is 15.5 Å². The molecule has 1 aliphatic rings. The molecule has 0 spiro atoms. The average Bonchev–Trinajstić information content (AvgIpc) is 1.82. The summed E-state index contributed by atoms with van der Waals surface area (Å²) in [5, 5.41) is 0.0329. The van der Waals surface area contributed by atoms with Crippen LogP contribution in [0.5, 0.6) is 0 Å². The van der Waals surface area contributed by atoms with E-state index in [2.05, 4.69) is 0 Å². The zero-order chi connectivity index (χ0) is 9.19. The van der Waals surface area contributed by atoms with Crippen LogP contribution in [0.25, 0.3) is 0 Å². The summed E-state index contributed by atoms with van der Waals surface area (Å²) in [7, 11) is -4.31. The van der Waals surface area contributed by atoms with Gasteiger partial charge in [-0.25, -0.2) is 0 Å². The molecular formula is C7H12ClFO2S. The van der Waals surface area contributed by atoms with Gasteiger partial charge in [0, 0.05) is 5.38 Å². The van der Waals surface area contributed by atoms with Crippen LogP contribution >= 0.6 is 11.6 Å². The van der Waals surface area contributed by atoms with E-state index in [9.17, 15) is 12.3 Å². The minimum atomic E-state index is -4.31. The van der Waals surface area contributed by atoms with Gasteiger partial charge in [0.15, 0.2) is 0 Å². The Morgan fingerprint density at radius 3 is 2.58 bits per heavy atom. The normalized spacial score (nSPS) is 31.8. The van der Waals surface area contributed by atoms with Crippen LogP contribution in [0.4, 0.5) is 3.89 Å². The Hall–Kier alpha value is 0.170. The summed E-state index contributed by atoms with van der Waals surface area (Å²) in [4.78, 5) is 0. The highest BCUT2D eigenvalue weighted by Gasteiger charge is 2.24. The number of alkyl halides is 1. The van der Waals surface area contributed by atoms with Gasteiger partial charge >= 0.3 is 10.2 Å². The largest absolute Gasteiger partial charge is 0.302 e. The fraction of sp³-hybridized carbons (Fsp3) is 1.00. The van der Waals surface area contributed by atoms with Crippen molar-refractivity contribution in [1.82, 2.24) is 0 Å². The molecule has 5 heteroatoms. The minimum absolute atomic E-state index is 0.0329. The first-order chi connectivity index (χ1) is 5.47. The molecule has 0 aromatic carbocycles. The van der Waals surface area contributed by atoms with Gasteiger partial charge in [-0.05, 0) is 25.2 Å². The van der Waals surface area contributed by atoms with Gasteiger partial charge in [0.2, 0.25) is 0 Å². The van der Waals surface area contributed by atoms with E-state index in [1.54, 1.807) is 0 Å². The topological polar surface area (TPSA) is 34.1 Å². The van der Waals surface area contributed by atoms with E-state index in [0.717, 1.165) is 19.3 Å². The average molecular weight is 215 g/mol. The van der Waals surface area contributed by atoms with E-state index in [-0.39, 0.29) is 17.0 Å². The van der Waals surface area contributed by atoms with Crippen LogP contribution in [0.1, 0.15) is 25.7 Å². The molecule has 0 heterocycles. The monoisotopic (exact) mass is 214 g/mol. The van der Waals surface area contributed by atoms with Crippen molar-refractivity contribution in [1.29, 1.82) is 0 Å². The van der Waals surface area contributed by atoms with Crippen molar-refractivity contribution in [3.05, 3.63) is 0 Å². The summed E-state index contributed by atoms with van der Waals surface area (Å²) in [6, 6.07) is 0. The molecule has 0 radical (unpaired) electrons. The first-order valence-electron chi connectivity index (χ1n) is 4.04. The lowest BCUT2D eigenvalue weighted by molar-refractivity contribution is 0.386. The van der Waals surface area contributed by atoms with Crippen molar-refractivity contribution >= 4 is 21.8 Å². The Morgan fingerprint density at radius 2 is 2.08 bits per heavy atom. The van der Waals surface area contributed by atoms with Crippen molar-refractivity contribution < 1.29 is 12.3 Å². The highest BCUT2D eigenvalue weighted by Crippen LogP contribution is 2.28. The highest BCUT2D eigenvalue weighted by atomic mass is 35.5. The predicted octanol–water partition coefficient (Wildman–Crippen LogP) is 2.08. The summed E-state index contributed by atoms with van der Waals surface area (Å²) in [6.07, 6.45) is 3.25. The smallest absolute Gasteiger partial charge is 0.195 e. The maximum atomic E-state index is 12.2. The Balaban J connectivity index is 2.43. The number of halogens is 2. The van der Waals surface area contributed by atoms with Crippen molar-refractivity contribution in [3.8, 4) is 0 Å². The van der Waals surface area contributed by atoms with Crippen LogP contribution in [0, 0.1) is 5.92 Å². The van der Waals surface area contributed by atoms with Crippen molar-refractivity contribution in [3.63, 3.8) is 0 Å². The summed E-state index contributed by atoms with van der Waals surface area (Å²) in [5.41, 5.74) is 0. The second-order valence-corrected chi connectivity index (χ2v) is 5.36. The van der Waals surface area contributed by atoms with Gasteiger partial charge in [0.25, 0.3) is 0 Å². The predicted molar refractivity (Wildman–Crippen MR) is 46.5 cm³/mol. The summed E-state index contributed by atoms with van der Waals surface area (Å²) >= 11 is 5.82. The van der Waals surface area contributed by atoms with Crippen molar-refractivity contribution in [2.75, 3.05) is 5.75 Å². The Bertz CT molecular complexity index is 240. The molecule has 1 saturated carbocycles. The van der Waals surface area contributed by atoms with Gasteiger partial charge in [-0.1, -0.05) is 6.42 Å². The van der Waals surface area contributed by atoms with Crippen LogP contribution in [0.3, 0.4) is 0 Å². The Morgan fingerprint density at radius 1 is 1.42 bits per heavy atom. The number of rotatable bonds is 2. The molecule has 12 heavy (non-hydrogen) atoms. The molecule has 0 aromatic rings. The summed E-state index contributed by atoms with van der Waals surface area (Å²) < 4.78 is 32.8. The van der Waals surface area contributed by atoms with Gasteiger partial charge in [-0.3, -0.25) is 0 Å². The lowest BCUT2D eigenvalue weighted by atomic mass is 9.90. The maximum Gasteiger partial charge on any atom is 0.302 e. The third-order valence-electron chi connectivity index (χ3n) is 2.15. The highest BCUT2D eigenvalue weighted by molar-refractivity contribution is 7.86. The van der Waals surface area contributed by atoms with E-state index < -0.39 is 10.2 Å². The van der Waals surface area contributed by atoms with Gasteiger partial charge in [0.1, 0.15) is 0 Å². The van der Waals surface area contributed by atoms with E-state index in [1.165, 1.54) is 0 Å². The lowest BCUT2D eigenvalue weighted by Gasteiger charge is -2.23. The van der Waals surface area contributed by atoms with Gasteiger partial charge in [0.05, 0.1) is 5.75 Å². The Kier molecular flexibility index (Phi) is 3.35. The summed E-state index contributed by atoms with van der Waals surface area (Å²) in [6.45, 7) is 0. The van der Waals surface area contributed by atoms with E-state index in [1.807, 2.05) is 0 Å². The molecule has 0 saturated heterocycles. The van der Waals surface area contributed by atoms with Crippen LogP contribution in [-0.2, 0) is 10.2 Å². The zero-order valence-corrected chi connectivity index (χ0v) is 8.24. The molecule has 2 atom stereocenters. The SMILES string of the molecule is O=S(=O)(F)CC1CCCC(Cl)C1. The van der Waals surface area contributed by atoms with Crippen molar-refractivity contribution in [2.24, 2.45) is 5.92 Å². The quantitative estimate of drug-likeness (QED) is 0.521. The van der Waals surface area contributed by atoms with Gasteiger partial charge in [-0.2, -0.15) is 8.42 Å². The lowest BCUT2D eigenvalue weighted by Crippen LogP contribution is -2.21. The number of hydrogen-bond acceptors (Lipinski definition) is 2. The third kappa shape index (κ3) is 3.72. The fourth-order valence-electron chi connectivity index (χ4n) is 1.66. The minimum Gasteiger partial charge on any atom is -0.195 e. The molecular weight excluding hydrogens is 203 g/mol. The van der Waals surface area contributed by atoms with Gasteiger partial charge < -0.3 is 0 Å². The molecule has 0 amide bonds. The standard InChI is InChI=1S/C7H12ClFO2S/c8-7-3-1-2-6(4-7)5-12(9,10)11/h6-7H,1-5H2. The molecule has 1 rings (SSSR count). The molecule has 2 unspecified atom stereocenters. The molecule has 0 aliphatic heterocycles. The first kappa shape index (κ1) is 10.3. The van der Waals surface area contributed by atoms with Crippen molar-refractivity contribution in [2.45, 2.75) is 31.1 Å². The molecule has 0 N–H and O–H groups in total. The second kappa shape index (κ2) is 3.92. The van der Waals surface area contributed by atoms with Crippen LogP contribution < -0.4 is 0 Å². The maximum absolute atomic E-state index is 12.2. The zero-order valence-electron chi connectivity index (χ0n) is 6.67. The molecule has 72 valence electrons. The molecule has 0 aromatic heterocycles. The molecule has 2 nitrogen and oxygen atoms in total. The molecule has 1 aliphatic carbocycles. The summed E-state index contributed by atoms with van der Waals surface area (Å²) in [5.74, 6) is -0.424. The van der Waals surface area contributed by atoms with E-state index >= 15 is 0 Å². The van der Waals surface area contributed by atoms with Crippen LogP contribution in [-0.4, -0.2) is 19.5 Å². The molecule has 0 bridgehead atoms. The Labute approximate surface area is 77.3 Å². The van der Waals surface area contributed by atoms with Crippen LogP contribution in [0.2, 0.25) is 0 Å². The fourth-order valence-corrected chi connectivity index (χ4v) is 2.93.